The van der Waals surface area contributed by atoms with Gasteiger partial charge >= 0.3 is 12.0 Å². The van der Waals surface area contributed by atoms with Crippen molar-refractivity contribution in [2.75, 3.05) is 32.1 Å². The zero-order chi connectivity index (χ0) is 14.3. The minimum Gasteiger partial charge on any atom is -0.480 e. The van der Waals surface area contributed by atoms with Crippen molar-refractivity contribution in [2.45, 2.75) is 31.3 Å². The van der Waals surface area contributed by atoms with Crippen molar-refractivity contribution < 1.29 is 14.7 Å². The van der Waals surface area contributed by atoms with Crippen LogP contribution in [0.25, 0.3) is 0 Å². The molecule has 7 heteroatoms. The Balaban J connectivity index is 2.37. The van der Waals surface area contributed by atoms with Gasteiger partial charge in [-0.3, -0.25) is 0 Å². The monoisotopic (exact) mass is 289 g/mol. The van der Waals surface area contributed by atoms with Crippen LogP contribution >= 0.6 is 11.8 Å². The summed E-state index contributed by atoms with van der Waals surface area (Å²) < 4.78 is 0. The standard InChI is InChI=1S/C12H23N3O3S/c1-15-6-3-4-9(8-15)13-12(18)14-10(11(16)17)5-7-19-2/h9-10H,3-8H2,1-2H3,(H,16,17)(H2,13,14,18)/t9?,10-/m0/s1. The first kappa shape index (κ1) is 16.1. The van der Waals surface area contributed by atoms with Crippen LogP contribution in [-0.2, 0) is 4.79 Å². The Kier molecular flexibility index (Phi) is 7.01. The molecule has 0 aromatic carbocycles. The summed E-state index contributed by atoms with van der Waals surface area (Å²) in [6.45, 7) is 1.86. The number of aliphatic carboxylic acids is 1. The van der Waals surface area contributed by atoms with Crippen LogP contribution in [-0.4, -0.2) is 66.2 Å². The lowest BCUT2D eigenvalue weighted by Crippen LogP contribution is -2.53. The summed E-state index contributed by atoms with van der Waals surface area (Å²) in [5.41, 5.74) is 0. The second kappa shape index (κ2) is 8.27. The Morgan fingerprint density at radius 3 is 2.84 bits per heavy atom. The number of rotatable bonds is 6. The maximum atomic E-state index is 11.8. The third kappa shape index (κ3) is 6.15. The average Bonchev–Trinajstić information content (AvgIpc) is 2.34. The quantitative estimate of drug-likeness (QED) is 0.666. The number of likely N-dealkylation sites (tertiary alicyclic amines) is 1. The average molecular weight is 289 g/mol. The number of carbonyl (C=O) groups excluding carboxylic acids is 1. The summed E-state index contributed by atoms with van der Waals surface area (Å²) in [4.78, 5) is 25.0. The van der Waals surface area contributed by atoms with Gasteiger partial charge in [-0.05, 0) is 44.9 Å². The molecule has 1 rings (SSSR count). The first-order valence-corrected chi connectivity index (χ1v) is 7.89. The van der Waals surface area contributed by atoms with Crippen molar-refractivity contribution in [3.63, 3.8) is 0 Å². The minimum atomic E-state index is -0.982. The van der Waals surface area contributed by atoms with Gasteiger partial charge in [-0.1, -0.05) is 0 Å². The number of likely N-dealkylation sites (N-methyl/N-ethyl adjacent to an activating group) is 1. The van der Waals surface area contributed by atoms with Crippen LogP contribution in [0.1, 0.15) is 19.3 Å². The van der Waals surface area contributed by atoms with Crippen LogP contribution in [0, 0.1) is 0 Å². The van der Waals surface area contributed by atoms with Gasteiger partial charge in [-0.2, -0.15) is 11.8 Å². The summed E-state index contributed by atoms with van der Waals surface area (Å²) in [6.07, 6.45) is 4.35. The number of carboxylic acids is 1. The van der Waals surface area contributed by atoms with Crippen molar-refractivity contribution in [3.8, 4) is 0 Å². The molecule has 1 aliphatic rings. The third-order valence-corrected chi connectivity index (χ3v) is 3.82. The zero-order valence-electron chi connectivity index (χ0n) is 11.5. The number of hydrogen-bond acceptors (Lipinski definition) is 4. The SMILES string of the molecule is CSCC[C@H](NC(=O)NC1CCCN(C)C1)C(=O)O. The van der Waals surface area contributed by atoms with Crippen molar-refractivity contribution in [3.05, 3.63) is 0 Å². The summed E-state index contributed by atoms with van der Waals surface area (Å²) in [7, 11) is 2.02. The van der Waals surface area contributed by atoms with Crippen LogP contribution < -0.4 is 10.6 Å². The van der Waals surface area contributed by atoms with Crippen LogP contribution in [0.4, 0.5) is 4.79 Å². The van der Waals surface area contributed by atoms with Gasteiger partial charge in [0.2, 0.25) is 0 Å². The van der Waals surface area contributed by atoms with Crippen molar-refractivity contribution in [1.29, 1.82) is 0 Å². The Bertz CT molecular complexity index is 315. The molecule has 1 heterocycles. The first-order valence-electron chi connectivity index (χ1n) is 6.50. The maximum Gasteiger partial charge on any atom is 0.326 e. The lowest BCUT2D eigenvalue weighted by molar-refractivity contribution is -0.139. The maximum absolute atomic E-state index is 11.8. The van der Waals surface area contributed by atoms with Crippen molar-refractivity contribution in [2.24, 2.45) is 0 Å². The number of carbonyl (C=O) groups is 2. The van der Waals surface area contributed by atoms with E-state index >= 15 is 0 Å². The van der Waals surface area contributed by atoms with E-state index in [-0.39, 0.29) is 12.1 Å². The Morgan fingerprint density at radius 1 is 1.53 bits per heavy atom. The second-order valence-corrected chi connectivity index (χ2v) is 5.88. The van der Waals surface area contributed by atoms with Gasteiger partial charge in [-0.15, -0.1) is 0 Å². The highest BCUT2D eigenvalue weighted by molar-refractivity contribution is 7.98. The molecule has 1 unspecified atom stereocenters. The number of nitrogens with one attached hydrogen (secondary N) is 2. The summed E-state index contributed by atoms with van der Waals surface area (Å²) >= 11 is 1.57. The largest absolute Gasteiger partial charge is 0.480 e. The van der Waals surface area contributed by atoms with E-state index < -0.39 is 12.0 Å². The number of amides is 2. The molecule has 6 nitrogen and oxygen atoms in total. The molecule has 0 radical (unpaired) electrons. The molecule has 110 valence electrons. The number of thioether (sulfide) groups is 1. The fourth-order valence-electron chi connectivity index (χ4n) is 2.16. The number of urea groups is 1. The molecule has 19 heavy (non-hydrogen) atoms. The molecule has 2 atom stereocenters. The smallest absolute Gasteiger partial charge is 0.326 e. The highest BCUT2D eigenvalue weighted by Crippen LogP contribution is 2.08. The fraction of sp³-hybridized carbons (Fsp3) is 0.833. The van der Waals surface area contributed by atoms with E-state index in [1.165, 1.54) is 0 Å². The highest BCUT2D eigenvalue weighted by atomic mass is 32.2. The zero-order valence-corrected chi connectivity index (χ0v) is 12.3. The first-order chi connectivity index (χ1) is 9.02. The number of hydrogen-bond donors (Lipinski definition) is 3. The molecule has 3 N–H and O–H groups in total. The summed E-state index contributed by atoms with van der Waals surface area (Å²) in [6, 6.07) is -1.09. The summed E-state index contributed by atoms with van der Waals surface area (Å²) in [5, 5.41) is 14.4. The van der Waals surface area contributed by atoms with E-state index in [0.29, 0.717) is 12.2 Å². The Hall–Kier alpha value is -0.950. The Morgan fingerprint density at radius 2 is 2.26 bits per heavy atom. The number of nitrogens with zero attached hydrogens (tertiary/aromatic N) is 1. The van der Waals surface area contributed by atoms with Gasteiger partial charge in [0.25, 0.3) is 0 Å². The molecule has 0 bridgehead atoms. The van der Waals surface area contributed by atoms with Gasteiger partial charge < -0.3 is 20.6 Å². The number of piperidine rings is 1. The molecule has 1 saturated heterocycles. The molecular formula is C12H23N3O3S. The normalized spacial score (nSPS) is 21.7. The van der Waals surface area contributed by atoms with E-state index in [0.717, 1.165) is 25.9 Å². The molecule has 0 aromatic rings. The fourth-order valence-corrected chi connectivity index (χ4v) is 2.63. The molecule has 2 amide bonds. The van der Waals surface area contributed by atoms with E-state index in [1.807, 2.05) is 13.3 Å². The molecule has 1 fully saturated rings. The van der Waals surface area contributed by atoms with Crippen LogP contribution in [0.2, 0.25) is 0 Å². The van der Waals surface area contributed by atoms with E-state index in [9.17, 15) is 9.59 Å². The summed E-state index contributed by atoms with van der Waals surface area (Å²) in [5.74, 6) is -0.270. The molecular weight excluding hydrogens is 266 g/mol. The topological polar surface area (TPSA) is 81.7 Å². The molecule has 0 saturated carbocycles. The van der Waals surface area contributed by atoms with Gasteiger partial charge in [0.15, 0.2) is 0 Å². The van der Waals surface area contributed by atoms with Gasteiger partial charge in [-0.25, -0.2) is 9.59 Å². The van der Waals surface area contributed by atoms with Gasteiger partial charge in [0.1, 0.15) is 6.04 Å². The predicted molar refractivity (Wildman–Crippen MR) is 76.6 cm³/mol. The lowest BCUT2D eigenvalue weighted by atomic mass is 10.1. The number of carboxylic acid groups (broad SMARTS) is 1. The minimum absolute atomic E-state index is 0.105. The Labute approximate surface area is 118 Å². The van der Waals surface area contributed by atoms with Crippen LogP contribution in [0.5, 0.6) is 0 Å². The van der Waals surface area contributed by atoms with E-state index in [1.54, 1.807) is 11.8 Å². The van der Waals surface area contributed by atoms with Gasteiger partial charge in [0.05, 0.1) is 0 Å². The lowest BCUT2D eigenvalue weighted by Gasteiger charge is -2.30. The third-order valence-electron chi connectivity index (χ3n) is 3.17. The van der Waals surface area contributed by atoms with E-state index in [4.69, 9.17) is 5.11 Å². The molecule has 1 aliphatic heterocycles. The van der Waals surface area contributed by atoms with Gasteiger partial charge in [0, 0.05) is 12.6 Å². The molecule has 0 aliphatic carbocycles. The van der Waals surface area contributed by atoms with Crippen molar-refractivity contribution in [1.82, 2.24) is 15.5 Å². The van der Waals surface area contributed by atoms with Crippen molar-refractivity contribution >= 4 is 23.8 Å². The predicted octanol–water partition coefficient (Wildman–Crippen LogP) is 0.586. The van der Waals surface area contributed by atoms with E-state index in [2.05, 4.69) is 15.5 Å². The molecule has 0 aromatic heterocycles. The van der Waals surface area contributed by atoms with Crippen LogP contribution in [0.15, 0.2) is 0 Å². The van der Waals surface area contributed by atoms with Crippen LogP contribution in [0.3, 0.4) is 0 Å². The molecule has 0 spiro atoms. The highest BCUT2D eigenvalue weighted by Gasteiger charge is 2.23. The second-order valence-electron chi connectivity index (χ2n) is 4.89.